The number of aromatic amines is 1. The third-order valence-corrected chi connectivity index (χ3v) is 6.40. The molecule has 1 saturated carbocycles. The third-order valence-electron chi connectivity index (χ3n) is 6.03. The number of halogens is 1. The molecule has 1 aromatic heterocycles. The number of ether oxygens (including phenoxy) is 1. The van der Waals surface area contributed by atoms with Crippen molar-refractivity contribution in [1.29, 1.82) is 0 Å². The van der Waals surface area contributed by atoms with Crippen LogP contribution in [0.1, 0.15) is 43.2 Å². The van der Waals surface area contributed by atoms with Gasteiger partial charge in [0.15, 0.2) is 0 Å². The molecule has 32 heavy (non-hydrogen) atoms. The number of urea groups is 1. The average Bonchev–Trinajstić information content (AvgIpc) is 2.80. The minimum atomic E-state index is -0.222. The Morgan fingerprint density at radius 1 is 1.09 bits per heavy atom. The number of carbonyl (C=O) groups is 1. The molecule has 168 valence electrons. The van der Waals surface area contributed by atoms with Crippen molar-refractivity contribution in [2.45, 2.75) is 51.2 Å². The first kappa shape index (κ1) is 22.2. The fraction of sp³-hybridized carbons (Fsp3) is 0.360. The van der Waals surface area contributed by atoms with Crippen molar-refractivity contribution in [2.75, 3.05) is 7.11 Å². The highest BCUT2D eigenvalue weighted by molar-refractivity contribution is 6.31. The lowest BCUT2D eigenvalue weighted by molar-refractivity contribution is 0.184. The van der Waals surface area contributed by atoms with Crippen molar-refractivity contribution in [3.8, 4) is 5.75 Å². The molecule has 0 unspecified atom stereocenters. The minimum absolute atomic E-state index is 0.173. The Hall–Kier alpha value is -2.99. The zero-order valence-electron chi connectivity index (χ0n) is 18.2. The molecule has 0 spiro atoms. The molecule has 1 aliphatic rings. The van der Waals surface area contributed by atoms with E-state index in [4.69, 9.17) is 16.3 Å². The first-order valence-corrected chi connectivity index (χ1v) is 11.4. The molecule has 1 heterocycles. The fourth-order valence-electron chi connectivity index (χ4n) is 4.22. The van der Waals surface area contributed by atoms with E-state index >= 15 is 0 Å². The molecule has 1 aliphatic carbocycles. The standard InChI is InChI=1S/C25H28ClN3O3/c1-32-21-12-11-17-13-19(24(30)28-23(17)14-21)16-29(15-18-7-5-6-10-22(18)26)25(31)27-20-8-3-2-4-9-20/h5-7,10-14,20H,2-4,8-9,15-16H2,1H3,(H,27,31)(H,28,30). The summed E-state index contributed by atoms with van der Waals surface area (Å²) in [6.07, 6.45) is 5.45. The number of amides is 2. The van der Waals surface area contributed by atoms with Crippen molar-refractivity contribution in [1.82, 2.24) is 15.2 Å². The summed E-state index contributed by atoms with van der Waals surface area (Å²) in [5.41, 5.74) is 1.84. The van der Waals surface area contributed by atoms with Crippen LogP contribution in [-0.2, 0) is 13.1 Å². The van der Waals surface area contributed by atoms with Crippen LogP contribution in [0.5, 0.6) is 5.75 Å². The first-order chi connectivity index (χ1) is 15.5. The lowest BCUT2D eigenvalue weighted by Gasteiger charge is -2.28. The van der Waals surface area contributed by atoms with E-state index in [0.29, 0.717) is 28.4 Å². The van der Waals surface area contributed by atoms with Crippen molar-refractivity contribution >= 4 is 28.5 Å². The normalized spacial score (nSPS) is 14.3. The quantitative estimate of drug-likeness (QED) is 0.536. The van der Waals surface area contributed by atoms with Crippen molar-refractivity contribution in [3.63, 3.8) is 0 Å². The number of fused-ring (bicyclic) bond motifs is 1. The van der Waals surface area contributed by atoms with E-state index in [2.05, 4.69) is 10.3 Å². The Labute approximate surface area is 192 Å². The summed E-state index contributed by atoms with van der Waals surface area (Å²) in [5, 5.41) is 4.65. The van der Waals surface area contributed by atoms with Gasteiger partial charge in [0.2, 0.25) is 0 Å². The largest absolute Gasteiger partial charge is 0.497 e. The van der Waals surface area contributed by atoms with Crippen LogP contribution in [0, 0.1) is 0 Å². The molecular weight excluding hydrogens is 426 g/mol. The number of methoxy groups -OCH3 is 1. The number of nitrogens with zero attached hydrogens (tertiary/aromatic N) is 1. The van der Waals surface area contributed by atoms with Gasteiger partial charge >= 0.3 is 6.03 Å². The van der Waals surface area contributed by atoms with Gasteiger partial charge in [0.1, 0.15) is 5.75 Å². The first-order valence-electron chi connectivity index (χ1n) is 11.0. The Morgan fingerprint density at radius 3 is 2.59 bits per heavy atom. The van der Waals surface area contributed by atoms with Crippen LogP contribution in [0.25, 0.3) is 10.9 Å². The van der Waals surface area contributed by atoms with Gasteiger partial charge in [-0.25, -0.2) is 4.79 Å². The molecule has 0 aliphatic heterocycles. The number of aromatic nitrogens is 1. The number of H-pyrrole nitrogens is 1. The highest BCUT2D eigenvalue weighted by Crippen LogP contribution is 2.22. The van der Waals surface area contributed by atoms with Gasteiger partial charge < -0.3 is 19.9 Å². The maximum absolute atomic E-state index is 13.2. The van der Waals surface area contributed by atoms with E-state index in [9.17, 15) is 9.59 Å². The van der Waals surface area contributed by atoms with Crippen molar-refractivity contribution in [3.05, 3.63) is 75.0 Å². The van der Waals surface area contributed by atoms with Gasteiger partial charge in [0.25, 0.3) is 5.56 Å². The number of benzene rings is 2. The van der Waals surface area contributed by atoms with Gasteiger partial charge in [-0.1, -0.05) is 49.1 Å². The number of hydrogen-bond donors (Lipinski definition) is 2. The topological polar surface area (TPSA) is 74.4 Å². The maximum atomic E-state index is 13.2. The smallest absolute Gasteiger partial charge is 0.318 e. The Balaban J connectivity index is 1.61. The van der Waals surface area contributed by atoms with Crippen LogP contribution in [0.2, 0.25) is 5.02 Å². The van der Waals surface area contributed by atoms with Crippen molar-refractivity contribution < 1.29 is 9.53 Å². The summed E-state index contributed by atoms with van der Waals surface area (Å²) in [5.74, 6) is 0.674. The maximum Gasteiger partial charge on any atom is 0.318 e. The molecular formula is C25H28ClN3O3. The van der Waals surface area contributed by atoms with Crippen LogP contribution in [0.4, 0.5) is 4.79 Å². The molecule has 6 nitrogen and oxygen atoms in total. The van der Waals surface area contributed by atoms with E-state index in [0.717, 1.165) is 36.6 Å². The predicted molar refractivity (Wildman–Crippen MR) is 127 cm³/mol. The van der Waals surface area contributed by atoms with Crippen LogP contribution in [0.15, 0.2) is 53.3 Å². The van der Waals surface area contributed by atoms with E-state index in [1.54, 1.807) is 18.1 Å². The molecule has 3 aromatic rings. The molecule has 7 heteroatoms. The highest BCUT2D eigenvalue weighted by atomic mass is 35.5. The third kappa shape index (κ3) is 5.25. The van der Waals surface area contributed by atoms with Gasteiger partial charge in [0.05, 0.1) is 19.2 Å². The molecule has 4 rings (SSSR count). The summed E-state index contributed by atoms with van der Waals surface area (Å²) in [7, 11) is 1.59. The molecule has 0 atom stereocenters. The second-order valence-corrected chi connectivity index (χ2v) is 8.72. The second-order valence-electron chi connectivity index (χ2n) is 8.31. The molecule has 2 N–H and O–H groups in total. The average molecular weight is 454 g/mol. The SMILES string of the molecule is COc1ccc2cc(CN(Cc3ccccc3Cl)C(=O)NC3CCCCC3)c(=O)[nH]c2c1. The summed E-state index contributed by atoms with van der Waals surface area (Å²) in [4.78, 5) is 30.6. The van der Waals surface area contributed by atoms with Crippen molar-refractivity contribution in [2.24, 2.45) is 0 Å². The second kappa shape index (κ2) is 10.1. The van der Waals surface area contributed by atoms with Crippen LogP contribution in [0.3, 0.4) is 0 Å². The van der Waals surface area contributed by atoms with E-state index in [-0.39, 0.29) is 24.2 Å². The van der Waals surface area contributed by atoms with Gasteiger partial charge in [-0.2, -0.15) is 0 Å². The zero-order valence-corrected chi connectivity index (χ0v) is 19.0. The monoisotopic (exact) mass is 453 g/mol. The molecule has 2 amide bonds. The van der Waals surface area contributed by atoms with Gasteiger partial charge in [-0.05, 0) is 48.1 Å². The number of rotatable bonds is 6. The van der Waals surface area contributed by atoms with Gasteiger partial charge in [-0.15, -0.1) is 0 Å². The number of hydrogen-bond acceptors (Lipinski definition) is 3. The zero-order chi connectivity index (χ0) is 22.5. The van der Waals surface area contributed by atoms with E-state index in [1.165, 1.54) is 6.42 Å². The lowest BCUT2D eigenvalue weighted by atomic mass is 9.96. The summed E-state index contributed by atoms with van der Waals surface area (Å²) >= 11 is 6.37. The molecule has 0 saturated heterocycles. The fourth-order valence-corrected chi connectivity index (χ4v) is 4.42. The van der Waals surface area contributed by atoms with Crippen LogP contribution >= 0.6 is 11.6 Å². The number of nitrogens with one attached hydrogen (secondary N) is 2. The number of carbonyl (C=O) groups excluding carboxylic acids is 1. The highest BCUT2D eigenvalue weighted by Gasteiger charge is 2.22. The number of pyridine rings is 1. The molecule has 0 bridgehead atoms. The minimum Gasteiger partial charge on any atom is -0.497 e. The van der Waals surface area contributed by atoms with Gasteiger partial charge in [0, 0.05) is 29.2 Å². The lowest BCUT2D eigenvalue weighted by Crippen LogP contribution is -2.45. The summed E-state index contributed by atoms with van der Waals surface area (Å²) in [6.45, 7) is 0.499. The van der Waals surface area contributed by atoms with Crippen LogP contribution in [-0.4, -0.2) is 29.1 Å². The Bertz CT molecular complexity index is 1150. The molecule has 2 aromatic carbocycles. The van der Waals surface area contributed by atoms with Crippen LogP contribution < -0.4 is 15.6 Å². The summed E-state index contributed by atoms with van der Waals surface area (Å²) < 4.78 is 5.24. The van der Waals surface area contributed by atoms with E-state index in [1.807, 2.05) is 42.5 Å². The summed E-state index contributed by atoms with van der Waals surface area (Å²) in [6, 6.07) is 14.8. The Morgan fingerprint density at radius 2 is 1.84 bits per heavy atom. The Kier molecular flexibility index (Phi) is 7.00. The van der Waals surface area contributed by atoms with E-state index < -0.39 is 0 Å². The molecule has 1 fully saturated rings. The predicted octanol–water partition coefficient (Wildman–Crippen LogP) is 5.23. The molecule has 0 radical (unpaired) electrons. The van der Waals surface area contributed by atoms with Gasteiger partial charge in [-0.3, -0.25) is 4.79 Å².